The van der Waals surface area contributed by atoms with Gasteiger partial charge in [0.1, 0.15) is 0 Å². The summed E-state index contributed by atoms with van der Waals surface area (Å²) in [5.74, 6) is 0. The second-order valence-corrected chi connectivity index (χ2v) is 6.67. The number of benzene rings is 1. The van der Waals surface area contributed by atoms with Crippen molar-refractivity contribution in [3.63, 3.8) is 0 Å². The highest BCUT2D eigenvalue weighted by Crippen LogP contribution is 2.24. The van der Waals surface area contributed by atoms with Crippen LogP contribution in [0.2, 0.25) is 10.0 Å². The first-order valence-electron chi connectivity index (χ1n) is 7.95. The standard InChI is InChI=1S/C17H21Cl2N3/c18-16-7-6-15(13-17(16)19)22-12-8-14(20-22)5-4-11-21-9-2-1-3-10-21/h6-8,12-13H,1-5,9-11H2. The minimum Gasteiger partial charge on any atom is -0.303 e. The molecule has 1 aromatic carbocycles. The number of rotatable bonds is 5. The number of halogens is 2. The van der Waals surface area contributed by atoms with Crippen molar-refractivity contribution >= 4 is 23.2 Å². The Bertz CT molecular complexity index is 618. The van der Waals surface area contributed by atoms with Crippen molar-refractivity contribution in [2.45, 2.75) is 32.1 Å². The molecule has 1 aliphatic heterocycles. The molecule has 5 heteroatoms. The molecular weight excluding hydrogens is 317 g/mol. The number of hydrogen-bond acceptors (Lipinski definition) is 2. The zero-order valence-corrected chi connectivity index (χ0v) is 14.2. The fourth-order valence-electron chi connectivity index (χ4n) is 2.93. The van der Waals surface area contributed by atoms with Crippen LogP contribution < -0.4 is 0 Å². The molecule has 1 fully saturated rings. The van der Waals surface area contributed by atoms with Gasteiger partial charge in [-0.1, -0.05) is 29.6 Å². The van der Waals surface area contributed by atoms with Gasteiger partial charge in [0, 0.05) is 6.20 Å². The van der Waals surface area contributed by atoms with E-state index >= 15 is 0 Å². The Morgan fingerprint density at radius 2 is 1.82 bits per heavy atom. The van der Waals surface area contributed by atoms with Crippen LogP contribution in [0.15, 0.2) is 30.5 Å². The van der Waals surface area contributed by atoms with Crippen LogP contribution in [0.25, 0.3) is 5.69 Å². The fourth-order valence-corrected chi connectivity index (χ4v) is 3.23. The van der Waals surface area contributed by atoms with Crippen LogP contribution in [0.1, 0.15) is 31.4 Å². The van der Waals surface area contributed by atoms with Crippen LogP contribution in [0.3, 0.4) is 0 Å². The number of aryl methyl sites for hydroxylation is 1. The summed E-state index contributed by atoms with van der Waals surface area (Å²) in [6.07, 6.45) is 8.27. The van der Waals surface area contributed by atoms with Gasteiger partial charge < -0.3 is 4.90 Å². The van der Waals surface area contributed by atoms with E-state index in [1.54, 1.807) is 6.07 Å². The molecule has 0 unspecified atom stereocenters. The topological polar surface area (TPSA) is 21.1 Å². The molecule has 118 valence electrons. The van der Waals surface area contributed by atoms with Gasteiger partial charge in [-0.05, 0) is 69.6 Å². The van der Waals surface area contributed by atoms with Gasteiger partial charge in [0.05, 0.1) is 21.4 Å². The molecule has 0 N–H and O–H groups in total. The fraction of sp³-hybridized carbons (Fsp3) is 0.471. The largest absolute Gasteiger partial charge is 0.303 e. The first-order chi connectivity index (χ1) is 10.7. The van der Waals surface area contributed by atoms with Crippen LogP contribution in [-0.2, 0) is 6.42 Å². The smallest absolute Gasteiger partial charge is 0.0661 e. The first kappa shape index (κ1) is 15.9. The third kappa shape index (κ3) is 4.03. The quantitative estimate of drug-likeness (QED) is 0.795. The van der Waals surface area contributed by atoms with Crippen LogP contribution >= 0.6 is 23.2 Å². The molecular formula is C17H21Cl2N3. The van der Waals surface area contributed by atoms with Crippen molar-refractivity contribution in [3.8, 4) is 5.69 Å². The van der Waals surface area contributed by atoms with E-state index in [0.717, 1.165) is 17.8 Å². The molecule has 0 amide bonds. The Hall–Kier alpha value is -1.03. The van der Waals surface area contributed by atoms with Crippen molar-refractivity contribution in [3.05, 3.63) is 46.2 Å². The number of piperidine rings is 1. The lowest BCUT2D eigenvalue weighted by atomic mass is 10.1. The normalized spacial score (nSPS) is 16.1. The number of likely N-dealkylation sites (tertiary alicyclic amines) is 1. The third-order valence-electron chi connectivity index (χ3n) is 4.17. The summed E-state index contributed by atoms with van der Waals surface area (Å²) in [6.45, 7) is 3.70. The Balaban J connectivity index is 1.55. The van der Waals surface area contributed by atoms with Crippen LogP contribution in [-0.4, -0.2) is 34.3 Å². The maximum atomic E-state index is 6.06. The molecule has 22 heavy (non-hydrogen) atoms. The van der Waals surface area contributed by atoms with Crippen molar-refractivity contribution < 1.29 is 0 Å². The maximum Gasteiger partial charge on any atom is 0.0661 e. The second-order valence-electron chi connectivity index (χ2n) is 5.86. The van der Waals surface area contributed by atoms with Crippen LogP contribution in [0.4, 0.5) is 0 Å². The molecule has 0 aliphatic carbocycles. The minimum atomic E-state index is 0.557. The number of hydrogen-bond donors (Lipinski definition) is 0. The average molecular weight is 338 g/mol. The van der Waals surface area contributed by atoms with Gasteiger partial charge in [-0.15, -0.1) is 0 Å². The molecule has 3 nitrogen and oxygen atoms in total. The third-order valence-corrected chi connectivity index (χ3v) is 4.91. The van der Waals surface area contributed by atoms with Gasteiger partial charge in [-0.2, -0.15) is 5.10 Å². The van der Waals surface area contributed by atoms with Crippen LogP contribution in [0, 0.1) is 0 Å². The summed E-state index contributed by atoms with van der Waals surface area (Å²) in [4.78, 5) is 2.57. The highest BCUT2D eigenvalue weighted by atomic mass is 35.5. The maximum absolute atomic E-state index is 6.06. The van der Waals surface area contributed by atoms with E-state index in [2.05, 4.69) is 16.1 Å². The summed E-state index contributed by atoms with van der Waals surface area (Å²) in [6, 6.07) is 7.66. The molecule has 1 aliphatic rings. The van der Waals surface area contributed by atoms with Crippen molar-refractivity contribution in [2.75, 3.05) is 19.6 Å². The lowest BCUT2D eigenvalue weighted by Crippen LogP contribution is -2.30. The van der Waals surface area contributed by atoms with Gasteiger partial charge in [-0.25, -0.2) is 4.68 Å². The Morgan fingerprint density at radius 1 is 1.00 bits per heavy atom. The minimum absolute atomic E-state index is 0.557. The molecule has 3 rings (SSSR count). The number of aromatic nitrogens is 2. The zero-order chi connectivity index (χ0) is 15.4. The SMILES string of the molecule is Clc1ccc(-n2ccc(CCCN3CCCCC3)n2)cc1Cl. The van der Waals surface area contributed by atoms with Gasteiger partial charge in [0.2, 0.25) is 0 Å². The highest BCUT2D eigenvalue weighted by Gasteiger charge is 2.10. The monoisotopic (exact) mass is 337 g/mol. The van der Waals surface area contributed by atoms with Crippen molar-refractivity contribution in [1.29, 1.82) is 0 Å². The second kappa shape index (κ2) is 7.49. The van der Waals surface area contributed by atoms with E-state index in [9.17, 15) is 0 Å². The molecule has 2 aromatic rings. The van der Waals surface area contributed by atoms with E-state index in [0.29, 0.717) is 10.0 Å². The first-order valence-corrected chi connectivity index (χ1v) is 8.70. The predicted molar refractivity (Wildman–Crippen MR) is 92.2 cm³/mol. The van der Waals surface area contributed by atoms with E-state index in [4.69, 9.17) is 23.2 Å². The summed E-state index contributed by atoms with van der Waals surface area (Å²) in [5, 5.41) is 5.76. The van der Waals surface area contributed by atoms with Gasteiger partial charge >= 0.3 is 0 Å². The Labute approximate surface area is 141 Å². The summed E-state index contributed by atoms with van der Waals surface area (Å²) < 4.78 is 1.86. The number of nitrogens with zero attached hydrogens (tertiary/aromatic N) is 3. The van der Waals surface area contributed by atoms with Crippen molar-refractivity contribution in [1.82, 2.24) is 14.7 Å². The van der Waals surface area contributed by atoms with Crippen LogP contribution in [0.5, 0.6) is 0 Å². The van der Waals surface area contributed by atoms with Gasteiger partial charge in [-0.3, -0.25) is 0 Å². The van der Waals surface area contributed by atoms with Gasteiger partial charge in [0.15, 0.2) is 0 Å². The molecule has 1 aromatic heterocycles. The van der Waals surface area contributed by atoms with E-state index < -0.39 is 0 Å². The molecule has 2 heterocycles. The molecule has 0 atom stereocenters. The lowest BCUT2D eigenvalue weighted by molar-refractivity contribution is 0.226. The lowest BCUT2D eigenvalue weighted by Gasteiger charge is -2.26. The van der Waals surface area contributed by atoms with E-state index in [1.165, 1.54) is 45.3 Å². The molecule has 1 saturated heterocycles. The summed E-state index contributed by atoms with van der Waals surface area (Å²) in [5.41, 5.74) is 2.07. The summed E-state index contributed by atoms with van der Waals surface area (Å²) in [7, 11) is 0. The highest BCUT2D eigenvalue weighted by molar-refractivity contribution is 6.42. The van der Waals surface area contributed by atoms with Gasteiger partial charge in [0.25, 0.3) is 0 Å². The molecule has 0 saturated carbocycles. The zero-order valence-electron chi connectivity index (χ0n) is 12.6. The van der Waals surface area contributed by atoms with Crippen molar-refractivity contribution in [2.24, 2.45) is 0 Å². The predicted octanol–water partition coefficient (Wildman–Crippen LogP) is 4.60. The molecule has 0 radical (unpaired) electrons. The summed E-state index contributed by atoms with van der Waals surface area (Å²) >= 11 is 12.0. The molecule has 0 bridgehead atoms. The van der Waals surface area contributed by atoms with E-state index in [1.807, 2.05) is 23.0 Å². The Kier molecular flexibility index (Phi) is 5.40. The van der Waals surface area contributed by atoms with E-state index in [-0.39, 0.29) is 0 Å². The Morgan fingerprint density at radius 3 is 2.59 bits per heavy atom. The molecule has 0 spiro atoms. The average Bonchev–Trinajstić information content (AvgIpc) is 3.00.